The third-order valence-electron chi connectivity index (χ3n) is 5.06. The van der Waals surface area contributed by atoms with Crippen LogP contribution in [0.25, 0.3) is 5.57 Å². The van der Waals surface area contributed by atoms with Crippen molar-refractivity contribution >= 4 is 21.5 Å². The number of rotatable bonds is 0. The highest BCUT2D eigenvalue weighted by molar-refractivity contribution is 9.10. The average molecular weight is 346 g/mol. The molecule has 21 heavy (non-hydrogen) atoms. The number of hydrogen-bond acceptors (Lipinski definition) is 2. The van der Waals surface area contributed by atoms with Crippen LogP contribution in [-0.4, -0.2) is 16.4 Å². The molecule has 1 N–H and O–H groups in total. The Kier molecular flexibility index (Phi) is 3.05. The summed E-state index contributed by atoms with van der Waals surface area (Å²) >= 11 is 3.89. The molecule has 0 radical (unpaired) electrons. The second-order valence-electron chi connectivity index (χ2n) is 6.55. The minimum Gasteiger partial charge on any atom is -0.460 e. The van der Waals surface area contributed by atoms with E-state index in [1.807, 2.05) is 12.1 Å². The van der Waals surface area contributed by atoms with Crippen LogP contribution in [0.5, 0.6) is 5.75 Å². The highest BCUT2D eigenvalue weighted by Crippen LogP contribution is 2.51. The van der Waals surface area contributed by atoms with E-state index in [2.05, 4.69) is 46.9 Å². The molecule has 1 aromatic rings. The van der Waals surface area contributed by atoms with Crippen molar-refractivity contribution in [3.05, 3.63) is 47.7 Å². The predicted octanol–water partition coefficient (Wildman–Crippen LogP) is 4.41. The maximum absolute atomic E-state index is 5.95. The highest BCUT2D eigenvalue weighted by atomic mass is 79.9. The Morgan fingerprint density at radius 1 is 1.24 bits per heavy atom. The zero-order valence-electron chi connectivity index (χ0n) is 12.3. The van der Waals surface area contributed by atoms with E-state index < -0.39 is 0 Å². The van der Waals surface area contributed by atoms with Crippen molar-refractivity contribution in [2.45, 2.75) is 49.0 Å². The molecule has 0 aromatic heterocycles. The molecule has 0 spiro atoms. The summed E-state index contributed by atoms with van der Waals surface area (Å²) < 4.78 is 5.65. The van der Waals surface area contributed by atoms with E-state index in [9.17, 15) is 0 Å². The van der Waals surface area contributed by atoms with E-state index >= 15 is 0 Å². The topological polar surface area (TPSA) is 21.3 Å². The molecule has 3 heterocycles. The number of nitrogens with one attached hydrogen (secondary N) is 1. The molecule has 3 aliphatic rings. The number of benzene rings is 1. The molecule has 0 saturated carbocycles. The molecule has 2 nitrogen and oxygen atoms in total. The molecular weight excluding hydrogens is 326 g/mol. The van der Waals surface area contributed by atoms with E-state index in [1.165, 1.54) is 24.0 Å². The van der Waals surface area contributed by atoms with Crippen molar-refractivity contribution in [2.75, 3.05) is 0 Å². The molecule has 1 aromatic carbocycles. The molecule has 2 saturated heterocycles. The van der Waals surface area contributed by atoms with Crippen molar-refractivity contribution in [2.24, 2.45) is 0 Å². The molecular formula is C18H20BrNO. The van der Waals surface area contributed by atoms with E-state index in [0.717, 1.165) is 24.4 Å². The summed E-state index contributed by atoms with van der Waals surface area (Å²) in [7, 11) is 0. The van der Waals surface area contributed by atoms with Crippen molar-refractivity contribution in [1.82, 2.24) is 5.32 Å². The smallest absolute Gasteiger partial charge is 0.134 e. The number of allylic oxidation sites excluding steroid dienone is 1. The zero-order valence-corrected chi connectivity index (χ0v) is 13.9. The van der Waals surface area contributed by atoms with Crippen LogP contribution < -0.4 is 10.1 Å². The lowest BCUT2D eigenvalue weighted by Crippen LogP contribution is -2.37. The quantitative estimate of drug-likeness (QED) is 0.703. The lowest BCUT2D eigenvalue weighted by atomic mass is 9.81. The first-order valence-electron chi connectivity index (χ1n) is 7.70. The van der Waals surface area contributed by atoms with Gasteiger partial charge in [0.15, 0.2) is 0 Å². The van der Waals surface area contributed by atoms with Gasteiger partial charge in [-0.1, -0.05) is 46.3 Å². The summed E-state index contributed by atoms with van der Waals surface area (Å²) in [4.78, 5) is 0. The Labute approximate surface area is 134 Å². The van der Waals surface area contributed by atoms with Crippen LogP contribution in [0.2, 0.25) is 0 Å². The number of fused-ring (bicyclic) bond motifs is 3. The van der Waals surface area contributed by atoms with Gasteiger partial charge in [-0.15, -0.1) is 0 Å². The summed E-state index contributed by atoms with van der Waals surface area (Å²) in [6, 6.07) is 9.63. The molecule has 110 valence electrons. The first kappa shape index (κ1) is 13.6. The lowest BCUT2D eigenvalue weighted by Gasteiger charge is -2.38. The van der Waals surface area contributed by atoms with Crippen molar-refractivity contribution in [1.29, 1.82) is 0 Å². The monoisotopic (exact) mass is 345 g/mol. The Bertz CT molecular complexity index is 632. The first-order valence-corrected chi connectivity index (χ1v) is 8.49. The Hall–Kier alpha value is -1.06. The Morgan fingerprint density at radius 2 is 1.90 bits per heavy atom. The second kappa shape index (κ2) is 4.72. The van der Waals surface area contributed by atoms with Gasteiger partial charge in [-0.3, -0.25) is 0 Å². The minimum atomic E-state index is -0.298. The first-order chi connectivity index (χ1) is 10.1. The Balaban J connectivity index is 1.90. The van der Waals surface area contributed by atoms with E-state index in [4.69, 9.17) is 4.74 Å². The summed E-state index contributed by atoms with van der Waals surface area (Å²) in [6.45, 7) is 6.31. The predicted molar refractivity (Wildman–Crippen MR) is 89.6 cm³/mol. The van der Waals surface area contributed by atoms with Crippen LogP contribution in [0.1, 0.15) is 38.2 Å². The maximum Gasteiger partial charge on any atom is 0.134 e. The van der Waals surface area contributed by atoms with Crippen LogP contribution in [-0.2, 0) is 0 Å². The Morgan fingerprint density at radius 3 is 2.62 bits per heavy atom. The number of halogens is 1. The van der Waals surface area contributed by atoms with Gasteiger partial charge >= 0.3 is 0 Å². The summed E-state index contributed by atoms with van der Waals surface area (Å²) in [6.07, 6.45) is 4.91. The largest absolute Gasteiger partial charge is 0.460 e. The van der Waals surface area contributed by atoms with Gasteiger partial charge in [0.1, 0.15) is 15.8 Å². The standard InChI is InChI=1S/C18H20BrNO/c1-11-18(2,19)17(15-5-3-4-6-16(15)21-11)12-9-13-7-8-14(10-12)20-13/h3-6,13-14,20H,1,7-10H2,2H3. The zero-order chi connectivity index (χ0) is 14.6. The highest BCUT2D eigenvalue weighted by Gasteiger charge is 2.42. The summed E-state index contributed by atoms with van der Waals surface area (Å²) in [5.74, 6) is 1.72. The van der Waals surface area contributed by atoms with Crippen molar-refractivity contribution < 1.29 is 4.74 Å². The van der Waals surface area contributed by atoms with Crippen molar-refractivity contribution in [3.8, 4) is 5.75 Å². The lowest BCUT2D eigenvalue weighted by molar-refractivity contribution is 0.385. The fourth-order valence-electron chi connectivity index (χ4n) is 4.01. The molecule has 3 aliphatic heterocycles. The number of hydrogen-bond donors (Lipinski definition) is 1. The van der Waals surface area contributed by atoms with E-state index in [0.29, 0.717) is 12.1 Å². The van der Waals surface area contributed by atoms with Crippen LogP contribution in [0, 0.1) is 0 Å². The van der Waals surface area contributed by atoms with E-state index in [1.54, 1.807) is 5.57 Å². The molecule has 3 atom stereocenters. The third kappa shape index (κ3) is 2.09. The van der Waals surface area contributed by atoms with Gasteiger partial charge in [0.2, 0.25) is 0 Å². The maximum atomic E-state index is 5.95. The number of piperidine rings is 1. The van der Waals surface area contributed by atoms with Gasteiger partial charge in [-0.2, -0.15) is 0 Å². The number of para-hydroxylation sites is 1. The van der Waals surface area contributed by atoms with Crippen LogP contribution in [0.3, 0.4) is 0 Å². The number of ether oxygens (including phenoxy) is 1. The molecule has 2 bridgehead atoms. The van der Waals surface area contributed by atoms with E-state index in [-0.39, 0.29) is 4.32 Å². The van der Waals surface area contributed by atoms with Gasteiger partial charge in [0.25, 0.3) is 0 Å². The summed E-state index contributed by atoms with van der Waals surface area (Å²) in [5, 5.41) is 3.72. The number of alkyl halides is 1. The molecule has 0 amide bonds. The molecule has 3 unspecified atom stereocenters. The molecule has 3 heteroatoms. The SMILES string of the molecule is C=C1Oc2ccccc2C(=C2CC3CCC(C2)N3)C1(C)Br. The van der Waals surface area contributed by atoms with Crippen molar-refractivity contribution in [3.63, 3.8) is 0 Å². The average Bonchev–Trinajstić information content (AvgIpc) is 2.79. The molecule has 2 fully saturated rings. The fourth-order valence-corrected chi connectivity index (χ4v) is 4.59. The minimum absolute atomic E-state index is 0.298. The van der Waals surface area contributed by atoms with Gasteiger partial charge in [0, 0.05) is 17.6 Å². The second-order valence-corrected chi connectivity index (χ2v) is 8.14. The van der Waals surface area contributed by atoms with Gasteiger partial charge in [-0.05, 0) is 44.2 Å². The molecule has 4 rings (SSSR count). The van der Waals surface area contributed by atoms with Gasteiger partial charge in [-0.25, -0.2) is 0 Å². The molecule has 0 aliphatic carbocycles. The normalized spacial score (nSPS) is 34.7. The van der Waals surface area contributed by atoms with Crippen LogP contribution >= 0.6 is 15.9 Å². The van der Waals surface area contributed by atoms with Crippen LogP contribution in [0.4, 0.5) is 0 Å². The third-order valence-corrected chi connectivity index (χ3v) is 5.90. The summed E-state index contributed by atoms with van der Waals surface area (Å²) in [5.41, 5.74) is 4.17. The van der Waals surface area contributed by atoms with Crippen LogP contribution in [0.15, 0.2) is 42.2 Å². The fraction of sp³-hybridized carbons (Fsp3) is 0.444. The van der Waals surface area contributed by atoms with Gasteiger partial charge in [0.05, 0.1) is 0 Å². The van der Waals surface area contributed by atoms with Gasteiger partial charge < -0.3 is 10.1 Å².